The van der Waals surface area contributed by atoms with Gasteiger partial charge in [0.1, 0.15) is 6.61 Å². The van der Waals surface area contributed by atoms with Gasteiger partial charge in [-0.05, 0) is 128 Å². The lowest BCUT2D eigenvalue weighted by atomic mass is 10.1. The molecule has 66 heavy (non-hydrogen) atoms. The molecule has 0 saturated heterocycles. The van der Waals surface area contributed by atoms with E-state index in [0.717, 1.165) is 103 Å². The maximum Gasteiger partial charge on any atom is 0.306 e. The van der Waals surface area contributed by atoms with Crippen LogP contribution in [0.25, 0.3) is 0 Å². The van der Waals surface area contributed by atoms with Gasteiger partial charge in [-0.3, -0.25) is 9.59 Å². The molecule has 0 amide bonds. The highest BCUT2D eigenvalue weighted by atomic mass is 16.6. The van der Waals surface area contributed by atoms with E-state index in [1.165, 1.54) is 51.4 Å². The largest absolute Gasteiger partial charge is 0.462 e. The second kappa shape index (κ2) is 55.1. The average molecular weight is 909 g/mol. The van der Waals surface area contributed by atoms with Crippen LogP contribution in [0.15, 0.2) is 146 Å². The summed E-state index contributed by atoms with van der Waals surface area (Å²) in [5, 5.41) is 0. The predicted molar refractivity (Wildman–Crippen MR) is 288 cm³/mol. The van der Waals surface area contributed by atoms with Crippen molar-refractivity contribution < 1.29 is 23.8 Å². The Kier molecular flexibility index (Phi) is 51.6. The van der Waals surface area contributed by atoms with E-state index >= 15 is 0 Å². The molecule has 0 aromatic heterocycles. The van der Waals surface area contributed by atoms with Gasteiger partial charge in [0.25, 0.3) is 0 Å². The Morgan fingerprint density at radius 2 is 0.682 bits per heavy atom. The first-order valence-electron chi connectivity index (χ1n) is 26.4. The molecule has 1 unspecified atom stereocenters. The maximum atomic E-state index is 12.8. The fraction of sp³-hybridized carbons (Fsp3) is 0.574. The van der Waals surface area contributed by atoms with Gasteiger partial charge in [-0.15, -0.1) is 0 Å². The summed E-state index contributed by atoms with van der Waals surface area (Å²) in [6.07, 6.45) is 80.1. The lowest BCUT2D eigenvalue weighted by molar-refractivity contribution is -0.162. The number of unbranched alkanes of at least 4 members (excludes halogenated alkanes) is 11. The van der Waals surface area contributed by atoms with Crippen molar-refractivity contribution in [2.45, 2.75) is 207 Å². The first-order chi connectivity index (χ1) is 32.6. The molecule has 0 radical (unpaired) electrons. The number of hydrogen-bond acceptors (Lipinski definition) is 5. The molecule has 0 aliphatic heterocycles. The summed E-state index contributed by atoms with van der Waals surface area (Å²) in [4.78, 5) is 25.4. The predicted octanol–water partition coefficient (Wildman–Crippen LogP) is 18.1. The molecular formula is C61H96O5. The highest BCUT2D eigenvalue weighted by Crippen LogP contribution is 2.10. The van der Waals surface area contributed by atoms with Crippen molar-refractivity contribution >= 4 is 11.9 Å². The smallest absolute Gasteiger partial charge is 0.306 e. The Morgan fingerprint density at radius 3 is 1.09 bits per heavy atom. The molecule has 0 bridgehead atoms. The molecule has 0 fully saturated rings. The zero-order valence-electron chi connectivity index (χ0n) is 42.4. The van der Waals surface area contributed by atoms with E-state index in [1.807, 2.05) is 0 Å². The van der Waals surface area contributed by atoms with Crippen LogP contribution in [0.5, 0.6) is 0 Å². The second-order valence-electron chi connectivity index (χ2n) is 16.7. The van der Waals surface area contributed by atoms with Crippen LogP contribution in [0.1, 0.15) is 201 Å². The molecule has 0 spiro atoms. The summed E-state index contributed by atoms with van der Waals surface area (Å²) in [5.41, 5.74) is 0. The molecule has 1 atom stereocenters. The van der Waals surface area contributed by atoms with Crippen molar-refractivity contribution in [1.29, 1.82) is 0 Å². The summed E-state index contributed by atoms with van der Waals surface area (Å²) in [7, 11) is 0. The molecule has 5 heteroatoms. The molecule has 0 heterocycles. The minimum absolute atomic E-state index is 0.0186. The number of esters is 2. The fourth-order valence-electron chi connectivity index (χ4n) is 6.49. The van der Waals surface area contributed by atoms with Crippen LogP contribution in [0, 0.1) is 0 Å². The van der Waals surface area contributed by atoms with Crippen molar-refractivity contribution in [2.24, 2.45) is 0 Å². The molecule has 0 aliphatic carbocycles. The Morgan fingerprint density at radius 1 is 0.348 bits per heavy atom. The minimum Gasteiger partial charge on any atom is -0.462 e. The van der Waals surface area contributed by atoms with Crippen molar-refractivity contribution in [3.63, 3.8) is 0 Å². The first-order valence-corrected chi connectivity index (χ1v) is 26.4. The monoisotopic (exact) mass is 909 g/mol. The molecule has 5 nitrogen and oxygen atoms in total. The Hall–Kier alpha value is -4.22. The van der Waals surface area contributed by atoms with Gasteiger partial charge in [-0.2, -0.15) is 0 Å². The topological polar surface area (TPSA) is 61.8 Å². The third-order valence-electron chi connectivity index (χ3n) is 10.3. The number of rotatable bonds is 46. The summed E-state index contributed by atoms with van der Waals surface area (Å²) in [6.45, 7) is 7.41. The number of carbonyl (C=O) groups is 2. The number of hydrogen-bond donors (Lipinski definition) is 0. The van der Waals surface area contributed by atoms with Gasteiger partial charge in [-0.1, -0.05) is 205 Å². The van der Waals surface area contributed by atoms with E-state index in [9.17, 15) is 9.59 Å². The lowest BCUT2D eigenvalue weighted by Crippen LogP contribution is -2.30. The van der Waals surface area contributed by atoms with Crippen LogP contribution in [0.3, 0.4) is 0 Å². The lowest BCUT2D eigenvalue weighted by Gasteiger charge is -2.18. The number of allylic oxidation sites excluding steroid dienone is 24. The molecule has 0 aliphatic rings. The van der Waals surface area contributed by atoms with Crippen LogP contribution in [0.4, 0.5) is 0 Å². The van der Waals surface area contributed by atoms with Crippen molar-refractivity contribution in [3.05, 3.63) is 146 Å². The van der Waals surface area contributed by atoms with Gasteiger partial charge in [0.05, 0.1) is 6.61 Å². The quantitative estimate of drug-likeness (QED) is 0.0346. The van der Waals surface area contributed by atoms with Crippen molar-refractivity contribution in [3.8, 4) is 0 Å². The van der Waals surface area contributed by atoms with Gasteiger partial charge >= 0.3 is 11.9 Å². The highest BCUT2D eigenvalue weighted by Gasteiger charge is 2.17. The fourth-order valence-corrected chi connectivity index (χ4v) is 6.49. The third-order valence-corrected chi connectivity index (χ3v) is 10.3. The van der Waals surface area contributed by atoms with Gasteiger partial charge in [0.2, 0.25) is 0 Å². The third kappa shape index (κ3) is 52.4. The molecule has 0 saturated carbocycles. The number of carbonyl (C=O) groups excluding carboxylic acids is 2. The SMILES string of the molecule is CC/C=C\C/C=C\C/C=C\C/C=C\C/C=C\CCCC(=O)OCC(COCCCCCCCC/C=C\C/C=C\CCCCC)OC(=O)CCC/C=C\C/C=C\C/C=C\C/C=C\C/C=C\CC. The molecule has 0 N–H and O–H groups in total. The molecular weight excluding hydrogens is 813 g/mol. The summed E-state index contributed by atoms with van der Waals surface area (Å²) < 4.78 is 17.3. The van der Waals surface area contributed by atoms with Crippen LogP contribution in [-0.4, -0.2) is 37.9 Å². The Bertz CT molecular complexity index is 1450. The van der Waals surface area contributed by atoms with Gasteiger partial charge in [-0.25, -0.2) is 0 Å². The molecule has 0 rings (SSSR count). The van der Waals surface area contributed by atoms with Crippen molar-refractivity contribution in [2.75, 3.05) is 19.8 Å². The van der Waals surface area contributed by atoms with Crippen LogP contribution in [0.2, 0.25) is 0 Å². The Labute approximate surface area is 406 Å². The first kappa shape index (κ1) is 61.8. The van der Waals surface area contributed by atoms with E-state index in [1.54, 1.807) is 0 Å². The average Bonchev–Trinajstić information content (AvgIpc) is 3.32. The van der Waals surface area contributed by atoms with E-state index in [-0.39, 0.29) is 25.2 Å². The van der Waals surface area contributed by atoms with Gasteiger partial charge in [0, 0.05) is 19.4 Å². The second-order valence-corrected chi connectivity index (χ2v) is 16.7. The Balaban J connectivity index is 4.52. The van der Waals surface area contributed by atoms with Crippen molar-refractivity contribution in [1.82, 2.24) is 0 Å². The normalized spacial score (nSPS) is 13.4. The zero-order valence-corrected chi connectivity index (χ0v) is 42.4. The van der Waals surface area contributed by atoms with E-state index in [4.69, 9.17) is 14.2 Å². The standard InChI is InChI=1S/C61H96O5/c1-4-7-10-13-16-19-22-25-28-31-33-36-39-42-45-48-51-54-60(62)65-58-59(57-64-56-53-50-47-44-41-38-35-30-27-24-21-18-15-12-9-6-3)66-61(63)55-52-49-46-43-40-37-34-32-29-26-23-20-17-14-11-8-5-2/h7-8,10-11,16-21,25-30,33-34,36-37,42-43,45-46,59H,4-6,9,12-15,22-24,31-32,35,38-41,44,47-58H2,1-3H3/b10-7-,11-8-,19-16-,20-17-,21-18-,28-25-,29-26-,30-27-,36-33-,37-34-,45-42-,46-43-. The van der Waals surface area contributed by atoms with Crippen LogP contribution < -0.4 is 0 Å². The van der Waals surface area contributed by atoms with Crippen LogP contribution in [-0.2, 0) is 23.8 Å². The van der Waals surface area contributed by atoms with Crippen LogP contribution >= 0.6 is 0 Å². The summed E-state index contributed by atoms with van der Waals surface area (Å²) in [5.74, 6) is -0.550. The highest BCUT2D eigenvalue weighted by molar-refractivity contribution is 5.70. The maximum absolute atomic E-state index is 12.8. The van der Waals surface area contributed by atoms with Gasteiger partial charge in [0.15, 0.2) is 6.10 Å². The van der Waals surface area contributed by atoms with E-state index in [0.29, 0.717) is 32.3 Å². The minimum atomic E-state index is -0.606. The van der Waals surface area contributed by atoms with Gasteiger partial charge < -0.3 is 14.2 Å². The van der Waals surface area contributed by atoms with E-state index < -0.39 is 6.10 Å². The summed E-state index contributed by atoms with van der Waals surface area (Å²) in [6, 6.07) is 0. The molecule has 0 aromatic rings. The molecule has 0 aromatic carbocycles. The van der Waals surface area contributed by atoms with E-state index in [2.05, 4.69) is 167 Å². The summed E-state index contributed by atoms with van der Waals surface area (Å²) >= 11 is 0. The zero-order chi connectivity index (χ0) is 47.7. The molecule has 370 valence electrons. The number of ether oxygens (including phenoxy) is 3.